The minimum absolute atomic E-state index is 0.0533. The fraction of sp³-hybridized carbons (Fsp3) is 0.353. The Bertz CT molecular complexity index is 715. The first-order valence-corrected chi connectivity index (χ1v) is 8.64. The Morgan fingerprint density at radius 2 is 1.92 bits per heavy atom. The van der Waals surface area contributed by atoms with Crippen LogP contribution in [0.25, 0.3) is 0 Å². The van der Waals surface area contributed by atoms with Crippen LogP contribution in [0.1, 0.15) is 33.3 Å². The normalized spacial score (nSPS) is 11.2. The summed E-state index contributed by atoms with van der Waals surface area (Å²) < 4.78 is 5.70. The molecule has 1 amide bonds. The molecule has 0 fully saturated rings. The van der Waals surface area contributed by atoms with Gasteiger partial charge in [-0.3, -0.25) is 4.79 Å². The predicted molar refractivity (Wildman–Crippen MR) is 97.7 cm³/mol. The third-order valence-corrected chi connectivity index (χ3v) is 3.91. The Hall–Kier alpha value is -1.79. The maximum Gasteiger partial charge on any atom is 0.222 e. The van der Waals surface area contributed by atoms with Crippen LogP contribution in [0.4, 0.5) is 5.82 Å². The molecule has 7 heteroatoms. The molecule has 1 aromatic heterocycles. The molecule has 5 nitrogen and oxygen atoms in total. The van der Waals surface area contributed by atoms with E-state index in [-0.39, 0.29) is 10.7 Å². The van der Waals surface area contributed by atoms with Crippen molar-refractivity contribution in [1.29, 1.82) is 0 Å². The first-order chi connectivity index (χ1) is 11.2. The maximum absolute atomic E-state index is 11.3. The van der Waals surface area contributed by atoms with Crippen LogP contribution in [0.2, 0.25) is 5.02 Å². The number of carbonyl (C=O) groups excluding carboxylic acids is 1. The van der Waals surface area contributed by atoms with Crippen molar-refractivity contribution in [3.8, 4) is 5.88 Å². The molecular formula is C17H20ClN3O2S. The van der Waals surface area contributed by atoms with Gasteiger partial charge in [-0.1, -0.05) is 56.3 Å². The number of nitrogens with one attached hydrogen (secondary N) is 1. The molecule has 2 rings (SSSR count). The molecule has 1 N–H and O–H groups in total. The molecule has 0 spiro atoms. The molecule has 2 aromatic rings. The second-order valence-electron chi connectivity index (χ2n) is 6.18. The standard InChI is InChI=1S/C17H20ClN3O2S/c1-11(22)19-14-9-15(21-16(20-14)24-17(2,3)4)23-10-12-5-7-13(18)8-6-12/h5-9H,10H2,1-4H3,(H,19,20,21,22). The van der Waals surface area contributed by atoms with Crippen LogP contribution in [0, 0.1) is 0 Å². The molecule has 0 aliphatic carbocycles. The van der Waals surface area contributed by atoms with E-state index in [0.29, 0.717) is 28.5 Å². The average Bonchev–Trinajstić information content (AvgIpc) is 2.44. The molecule has 1 heterocycles. The van der Waals surface area contributed by atoms with Crippen LogP contribution in [0.5, 0.6) is 5.88 Å². The van der Waals surface area contributed by atoms with Gasteiger partial charge in [-0.25, -0.2) is 4.98 Å². The average molecular weight is 366 g/mol. The quantitative estimate of drug-likeness (QED) is 0.621. The van der Waals surface area contributed by atoms with Crippen molar-refractivity contribution in [1.82, 2.24) is 9.97 Å². The van der Waals surface area contributed by atoms with E-state index in [0.717, 1.165) is 5.56 Å². The maximum atomic E-state index is 11.3. The number of anilines is 1. The largest absolute Gasteiger partial charge is 0.473 e. The van der Waals surface area contributed by atoms with Gasteiger partial charge in [-0.2, -0.15) is 4.98 Å². The Balaban J connectivity index is 2.18. The molecule has 0 saturated heterocycles. The molecular weight excluding hydrogens is 346 g/mol. The molecule has 0 unspecified atom stereocenters. The zero-order valence-electron chi connectivity index (χ0n) is 14.1. The number of amides is 1. The first kappa shape index (κ1) is 18.5. The molecule has 0 aliphatic heterocycles. The fourth-order valence-electron chi connectivity index (χ4n) is 1.78. The summed E-state index contributed by atoms with van der Waals surface area (Å²) in [6.07, 6.45) is 0. The smallest absolute Gasteiger partial charge is 0.222 e. The number of hydrogen-bond donors (Lipinski definition) is 1. The van der Waals surface area contributed by atoms with Crippen LogP contribution in [-0.4, -0.2) is 20.6 Å². The van der Waals surface area contributed by atoms with E-state index in [1.165, 1.54) is 18.7 Å². The lowest BCUT2D eigenvalue weighted by molar-refractivity contribution is -0.114. The van der Waals surface area contributed by atoms with E-state index in [9.17, 15) is 4.79 Å². The number of aromatic nitrogens is 2. The zero-order valence-corrected chi connectivity index (χ0v) is 15.7. The van der Waals surface area contributed by atoms with Crippen molar-refractivity contribution in [2.24, 2.45) is 0 Å². The van der Waals surface area contributed by atoms with Crippen LogP contribution in [0.3, 0.4) is 0 Å². The number of hydrogen-bond acceptors (Lipinski definition) is 5. The molecule has 0 radical (unpaired) electrons. The predicted octanol–water partition coefficient (Wildman–Crippen LogP) is 4.56. The summed E-state index contributed by atoms with van der Waals surface area (Å²) >= 11 is 7.38. The van der Waals surface area contributed by atoms with Gasteiger partial charge < -0.3 is 10.1 Å². The highest BCUT2D eigenvalue weighted by molar-refractivity contribution is 8.00. The highest BCUT2D eigenvalue weighted by Gasteiger charge is 2.16. The van der Waals surface area contributed by atoms with E-state index in [1.54, 1.807) is 6.07 Å². The minimum Gasteiger partial charge on any atom is -0.473 e. The van der Waals surface area contributed by atoms with Gasteiger partial charge in [-0.05, 0) is 17.7 Å². The summed E-state index contributed by atoms with van der Waals surface area (Å²) in [5.74, 6) is 0.648. The van der Waals surface area contributed by atoms with E-state index >= 15 is 0 Å². The van der Waals surface area contributed by atoms with Crippen LogP contribution in [0.15, 0.2) is 35.5 Å². The Kier molecular flexibility index (Phi) is 6.07. The van der Waals surface area contributed by atoms with Crippen molar-refractivity contribution in [2.75, 3.05) is 5.32 Å². The second kappa shape index (κ2) is 7.85. The Morgan fingerprint density at radius 1 is 1.25 bits per heavy atom. The van der Waals surface area contributed by atoms with E-state index in [4.69, 9.17) is 16.3 Å². The zero-order chi connectivity index (χ0) is 17.7. The summed E-state index contributed by atoms with van der Waals surface area (Å²) in [4.78, 5) is 20.1. The lowest BCUT2D eigenvalue weighted by Crippen LogP contribution is -2.12. The number of ether oxygens (including phenoxy) is 1. The Labute approximate surface area is 151 Å². The van der Waals surface area contributed by atoms with Crippen molar-refractivity contribution in [3.05, 3.63) is 40.9 Å². The van der Waals surface area contributed by atoms with E-state index in [1.807, 2.05) is 24.3 Å². The van der Waals surface area contributed by atoms with Crippen molar-refractivity contribution >= 4 is 35.1 Å². The first-order valence-electron chi connectivity index (χ1n) is 7.44. The number of halogens is 1. The van der Waals surface area contributed by atoms with Gasteiger partial charge >= 0.3 is 0 Å². The molecule has 0 saturated carbocycles. The molecule has 0 aliphatic rings. The lowest BCUT2D eigenvalue weighted by atomic mass is 10.2. The number of carbonyl (C=O) groups is 1. The number of benzene rings is 1. The highest BCUT2D eigenvalue weighted by Crippen LogP contribution is 2.31. The molecule has 0 bridgehead atoms. The second-order valence-corrected chi connectivity index (χ2v) is 8.42. The summed E-state index contributed by atoms with van der Waals surface area (Å²) in [6.45, 7) is 8.00. The minimum atomic E-state index is -0.191. The summed E-state index contributed by atoms with van der Waals surface area (Å²) in [5.41, 5.74) is 0.976. The summed E-state index contributed by atoms with van der Waals surface area (Å²) in [7, 11) is 0. The monoisotopic (exact) mass is 365 g/mol. The molecule has 0 atom stereocenters. The molecule has 1 aromatic carbocycles. The van der Waals surface area contributed by atoms with Gasteiger partial charge in [-0.15, -0.1) is 0 Å². The van der Waals surface area contributed by atoms with Crippen LogP contribution < -0.4 is 10.1 Å². The van der Waals surface area contributed by atoms with Gasteiger partial charge in [0, 0.05) is 22.8 Å². The van der Waals surface area contributed by atoms with Gasteiger partial charge in [0.1, 0.15) is 12.4 Å². The third-order valence-electron chi connectivity index (χ3n) is 2.68. The number of rotatable bonds is 5. The van der Waals surface area contributed by atoms with Gasteiger partial charge in [0.2, 0.25) is 11.8 Å². The number of nitrogens with zero attached hydrogens (tertiary/aromatic N) is 2. The summed E-state index contributed by atoms with van der Waals surface area (Å²) in [6, 6.07) is 9.02. The van der Waals surface area contributed by atoms with Crippen LogP contribution >= 0.6 is 23.4 Å². The lowest BCUT2D eigenvalue weighted by Gasteiger charge is -2.17. The highest BCUT2D eigenvalue weighted by atomic mass is 35.5. The fourth-order valence-corrected chi connectivity index (χ4v) is 2.73. The number of thioether (sulfide) groups is 1. The topological polar surface area (TPSA) is 64.1 Å². The van der Waals surface area contributed by atoms with E-state index in [2.05, 4.69) is 36.1 Å². The van der Waals surface area contributed by atoms with Gasteiger partial charge in [0.15, 0.2) is 5.16 Å². The van der Waals surface area contributed by atoms with Crippen molar-refractivity contribution in [3.63, 3.8) is 0 Å². The Morgan fingerprint density at radius 3 is 2.50 bits per heavy atom. The SMILES string of the molecule is CC(=O)Nc1cc(OCc2ccc(Cl)cc2)nc(SC(C)(C)C)n1. The summed E-state index contributed by atoms with van der Waals surface area (Å²) in [5, 5.41) is 3.91. The van der Waals surface area contributed by atoms with Gasteiger partial charge in [0.25, 0.3) is 0 Å². The molecule has 24 heavy (non-hydrogen) atoms. The van der Waals surface area contributed by atoms with Crippen molar-refractivity contribution in [2.45, 2.75) is 44.2 Å². The van der Waals surface area contributed by atoms with Crippen LogP contribution in [-0.2, 0) is 11.4 Å². The van der Waals surface area contributed by atoms with Gasteiger partial charge in [0.05, 0.1) is 0 Å². The van der Waals surface area contributed by atoms with E-state index < -0.39 is 0 Å². The van der Waals surface area contributed by atoms with Crippen molar-refractivity contribution < 1.29 is 9.53 Å². The third kappa shape index (κ3) is 6.37. The molecule has 128 valence electrons.